The first-order chi connectivity index (χ1) is 8.43. The molecule has 1 aromatic carbocycles. The Kier molecular flexibility index (Phi) is 5.25. The number of benzene rings is 1. The van der Waals surface area contributed by atoms with Gasteiger partial charge in [-0.2, -0.15) is 4.31 Å². The van der Waals surface area contributed by atoms with E-state index in [2.05, 4.69) is 0 Å². The van der Waals surface area contributed by atoms with E-state index in [1.165, 1.54) is 16.4 Å². The SMILES string of the molecule is CCN(CCCN)S(=O)(=O)c1cc(F)ccc1C. The summed E-state index contributed by atoms with van der Waals surface area (Å²) in [5, 5.41) is 0. The molecule has 6 heteroatoms. The van der Waals surface area contributed by atoms with Crippen molar-refractivity contribution in [3.05, 3.63) is 29.6 Å². The molecule has 2 N–H and O–H groups in total. The van der Waals surface area contributed by atoms with Crippen LogP contribution in [0.2, 0.25) is 0 Å². The molecule has 0 heterocycles. The average molecular weight is 274 g/mol. The molecule has 102 valence electrons. The van der Waals surface area contributed by atoms with Crippen molar-refractivity contribution in [2.45, 2.75) is 25.2 Å². The molecule has 1 aromatic rings. The first kappa shape index (κ1) is 15.1. The number of aryl methyl sites for hydroxylation is 1. The van der Waals surface area contributed by atoms with E-state index >= 15 is 0 Å². The van der Waals surface area contributed by atoms with E-state index in [1.54, 1.807) is 13.8 Å². The Morgan fingerprint density at radius 2 is 2.06 bits per heavy atom. The van der Waals surface area contributed by atoms with E-state index in [0.717, 1.165) is 6.07 Å². The van der Waals surface area contributed by atoms with Gasteiger partial charge in [0.2, 0.25) is 10.0 Å². The molecule has 0 atom stereocenters. The molecule has 4 nitrogen and oxygen atoms in total. The summed E-state index contributed by atoms with van der Waals surface area (Å²) in [5.41, 5.74) is 5.93. The predicted octanol–water partition coefficient (Wildman–Crippen LogP) is 1.49. The van der Waals surface area contributed by atoms with E-state index in [1.807, 2.05) is 0 Å². The minimum absolute atomic E-state index is 0.0290. The number of hydrogen-bond donors (Lipinski definition) is 1. The van der Waals surface area contributed by atoms with Crippen molar-refractivity contribution >= 4 is 10.0 Å². The molecule has 0 aliphatic heterocycles. The van der Waals surface area contributed by atoms with Gasteiger partial charge in [0, 0.05) is 13.1 Å². The standard InChI is InChI=1S/C12H19FN2O2S/c1-3-15(8-4-7-14)18(16,17)12-9-11(13)6-5-10(12)2/h5-6,9H,3-4,7-8,14H2,1-2H3. The van der Waals surface area contributed by atoms with Crippen LogP contribution < -0.4 is 5.73 Å². The Hall–Kier alpha value is -0.980. The largest absolute Gasteiger partial charge is 0.330 e. The van der Waals surface area contributed by atoms with Gasteiger partial charge >= 0.3 is 0 Å². The average Bonchev–Trinajstić information content (AvgIpc) is 2.33. The quantitative estimate of drug-likeness (QED) is 0.855. The molecular formula is C12H19FN2O2S. The van der Waals surface area contributed by atoms with Crippen LogP contribution in [0.1, 0.15) is 18.9 Å². The zero-order valence-corrected chi connectivity index (χ0v) is 11.5. The molecule has 0 radical (unpaired) electrons. The van der Waals surface area contributed by atoms with Gasteiger partial charge in [-0.1, -0.05) is 13.0 Å². The monoisotopic (exact) mass is 274 g/mol. The molecule has 0 aliphatic carbocycles. The maximum Gasteiger partial charge on any atom is 0.243 e. The Labute approximate surface area is 108 Å². The van der Waals surface area contributed by atoms with Crippen molar-refractivity contribution in [3.8, 4) is 0 Å². The number of halogens is 1. The lowest BCUT2D eigenvalue weighted by atomic mass is 10.2. The molecule has 0 amide bonds. The number of sulfonamides is 1. The second-order valence-electron chi connectivity index (χ2n) is 4.05. The summed E-state index contributed by atoms with van der Waals surface area (Å²) >= 11 is 0. The van der Waals surface area contributed by atoms with Crippen LogP contribution in [-0.4, -0.2) is 32.4 Å². The normalized spacial score (nSPS) is 12.1. The molecule has 0 saturated heterocycles. The lowest BCUT2D eigenvalue weighted by molar-refractivity contribution is 0.422. The molecule has 18 heavy (non-hydrogen) atoms. The minimum Gasteiger partial charge on any atom is -0.330 e. The van der Waals surface area contributed by atoms with Gasteiger partial charge in [-0.15, -0.1) is 0 Å². The molecule has 0 fully saturated rings. The van der Waals surface area contributed by atoms with Crippen LogP contribution in [0, 0.1) is 12.7 Å². The molecule has 0 spiro atoms. The summed E-state index contributed by atoms with van der Waals surface area (Å²) in [6.07, 6.45) is 0.585. The fourth-order valence-corrected chi connectivity index (χ4v) is 3.43. The Balaban J connectivity index is 3.14. The van der Waals surface area contributed by atoms with Crippen LogP contribution in [0.5, 0.6) is 0 Å². The highest BCUT2D eigenvalue weighted by atomic mass is 32.2. The van der Waals surface area contributed by atoms with Gasteiger partial charge in [0.1, 0.15) is 5.82 Å². The summed E-state index contributed by atoms with van der Waals surface area (Å²) < 4.78 is 39.2. The Bertz CT molecular complexity index is 503. The maximum atomic E-state index is 13.2. The van der Waals surface area contributed by atoms with Gasteiger partial charge in [-0.05, 0) is 37.6 Å². The fourth-order valence-electron chi connectivity index (χ4n) is 1.71. The zero-order valence-electron chi connectivity index (χ0n) is 10.7. The van der Waals surface area contributed by atoms with Gasteiger partial charge < -0.3 is 5.73 Å². The van der Waals surface area contributed by atoms with Crippen LogP contribution in [0.25, 0.3) is 0 Å². The summed E-state index contributed by atoms with van der Waals surface area (Å²) in [5.74, 6) is -0.547. The molecule has 0 saturated carbocycles. The zero-order chi connectivity index (χ0) is 13.8. The number of nitrogens with two attached hydrogens (primary N) is 1. The van der Waals surface area contributed by atoms with Crippen molar-refractivity contribution in [3.63, 3.8) is 0 Å². The highest BCUT2D eigenvalue weighted by Gasteiger charge is 2.24. The van der Waals surface area contributed by atoms with Gasteiger partial charge in [-0.3, -0.25) is 0 Å². The molecular weight excluding hydrogens is 255 g/mol. The van der Waals surface area contributed by atoms with Crippen molar-refractivity contribution in [1.29, 1.82) is 0 Å². The lowest BCUT2D eigenvalue weighted by Gasteiger charge is -2.21. The number of hydrogen-bond acceptors (Lipinski definition) is 3. The first-order valence-corrected chi connectivity index (χ1v) is 7.33. The highest BCUT2D eigenvalue weighted by Crippen LogP contribution is 2.20. The van der Waals surface area contributed by atoms with Gasteiger partial charge in [0.05, 0.1) is 4.90 Å². The lowest BCUT2D eigenvalue weighted by Crippen LogP contribution is -2.33. The number of rotatable bonds is 6. The molecule has 0 aliphatic rings. The van der Waals surface area contributed by atoms with Crippen molar-refractivity contribution in [2.75, 3.05) is 19.6 Å². The van der Waals surface area contributed by atoms with Crippen molar-refractivity contribution < 1.29 is 12.8 Å². The second-order valence-corrected chi connectivity index (χ2v) is 5.96. The van der Waals surface area contributed by atoms with Gasteiger partial charge in [0.25, 0.3) is 0 Å². The van der Waals surface area contributed by atoms with E-state index in [0.29, 0.717) is 31.6 Å². The summed E-state index contributed by atoms with van der Waals surface area (Å²) in [4.78, 5) is 0.0290. The second kappa shape index (κ2) is 6.26. The van der Waals surface area contributed by atoms with E-state index < -0.39 is 15.8 Å². The van der Waals surface area contributed by atoms with Crippen LogP contribution in [0.4, 0.5) is 4.39 Å². The summed E-state index contributed by atoms with van der Waals surface area (Å²) in [6, 6.07) is 3.79. The first-order valence-electron chi connectivity index (χ1n) is 5.89. The third-order valence-electron chi connectivity index (χ3n) is 2.73. The minimum atomic E-state index is -3.64. The van der Waals surface area contributed by atoms with Crippen molar-refractivity contribution in [1.82, 2.24) is 4.31 Å². The van der Waals surface area contributed by atoms with Crippen LogP contribution in [0.3, 0.4) is 0 Å². The summed E-state index contributed by atoms with van der Waals surface area (Å²) in [6.45, 7) is 4.53. The maximum absolute atomic E-state index is 13.2. The van der Waals surface area contributed by atoms with E-state index in [4.69, 9.17) is 5.73 Å². The van der Waals surface area contributed by atoms with E-state index in [9.17, 15) is 12.8 Å². The third-order valence-corrected chi connectivity index (χ3v) is 4.85. The van der Waals surface area contributed by atoms with Gasteiger partial charge in [0.15, 0.2) is 0 Å². The van der Waals surface area contributed by atoms with Gasteiger partial charge in [-0.25, -0.2) is 12.8 Å². The molecule has 0 unspecified atom stereocenters. The van der Waals surface area contributed by atoms with Crippen LogP contribution >= 0.6 is 0 Å². The topological polar surface area (TPSA) is 63.4 Å². The Morgan fingerprint density at radius 1 is 1.39 bits per heavy atom. The smallest absolute Gasteiger partial charge is 0.243 e. The fraction of sp³-hybridized carbons (Fsp3) is 0.500. The molecule has 0 bridgehead atoms. The Morgan fingerprint density at radius 3 is 2.61 bits per heavy atom. The third kappa shape index (κ3) is 3.28. The van der Waals surface area contributed by atoms with Crippen LogP contribution in [0.15, 0.2) is 23.1 Å². The molecule has 1 rings (SSSR count). The van der Waals surface area contributed by atoms with Crippen LogP contribution in [-0.2, 0) is 10.0 Å². The predicted molar refractivity (Wildman–Crippen MR) is 69.2 cm³/mol. The number of nitrogens with zero attached hydrogens (tertiary/aromatic N) is 1. The van der Waals surface area contributed by atoms with Crippen molar-refractivity contribution in [2.24, 2.45) is 5.73 Å². The molecule has 0 aromatic heterocycles. The van der Waals surface area contributed by atoms with E-state index in [-0.39, 0.29) is 4.90 Å². The summed E-state index contributed by atoms with van der Waals surface area (Å²) in [7, 11) is -3.64. The highest BCUT2D eigenvalue weighted by molar-refractivity contribution is 7.89.